The van der Waals surface area contributed by atoms with Crippen LogP contribution >= 0.6 is 0 Å². The number of carboxylic acid groups (broad SMARTS) is 1. The van der Waals surface area contributed by atoms with Gasteiger partial charge in [0.15, 0.2) is 0 Å². The number of nitrogen functional groups attached to an aromatic ring is 1. The van der Waals surface area contributed by atoms with Crippen molar-refractivity contribution in [2.45, 2.75) is 6.18 Å². The first-order chi connectivity index (χ1) is 9.10. The summed E-state index contributed by atoms with van der Waals surface area (Å²) in [7, 11) is 0. The van der Waals surface area contributed by atoms with E-state index in [-0.39, 0.29) is 10.6 Å². The minimum absolute atomic E-state index is 0.0352. The third-order valence-electron chi connectivity index (χ3n) is 2.23. The lowest BCUT2D eigenvalue weighted by Crippen LogP contribution is -2.42. The molecule has 9 heteroatoms. The summed E-state index contributed by atoms with van der Waals surface area (Å²) in [6, 6.07) is 2.59. The highest BCUT2D eigenvalue weighted by atomic mass is 19.4. The van der Waals surface area contributed by atoms with Crippen LogP contribution in [-0.4, -0.2) is 41.1 Å². The van der Waals surface area contributed by atoms with Gasteiger partial charge < -0.3 is 15.7 Å². The number of anilines is 1. The van der Waals surface area contributed by atoms with Gasteiger partial charge in [0, 0.05) is 5.69 Å². The van der Waals surface area contributed by atoms with Crippen LogP contribution in [0.3, 0.4) is 0 Å². The molecule has 1 aromatic rings. The molecule has 1 aromatic carbocycles. The van der Waals surface area contributed by atoms with Gasteiger partial charge in [0.1, 0.15) is 18.9 Å². The molecular formula is C11H10F4N2O3. The minimum Gasteiger partial charge on any atom is -0.480 e. The summed E-state index contributed by atoms with van der Waals surface area (Å²) >= 11 is 0. The second kappa shape index (κ2) is 5.76. The molecule has 0 radical (unpaired) electrons. The molecule has 0 unspecified atom stereocenters. The zero-order chi connectivity index (χ0) is 15.5. The van der Waals surface area contributed by atoms with Crippen LogP contribution in [0.5, 0.6) is 0 Å². The van der Waals surface area contributed by atoms with Gasteiger partial charge in [0.25, 0.3) is 5.91 Å². The molecule has 0 saturated carbocycles. The zero-order valence-electron chi connectivity index (χ0n) is 9.95. The molecule has 1 amide bonds. The number of nitrogens with two attached hydrogens (primary N) is 1. The van der Waals surface area contributed by atoms with E-state index in [0.29, 0.717) is 6.07 Å². The van der Waals surface area contributed by atoms with Gasteiger partial charge in [-0.05, 0) is 18.2 Å². The molecule has 0 atom stereocenters. The summed E-state index contributed by atoms with van der Waals surface area (Å²) in [5, 5.41) is 8.53. The van der Waals surface area contributed by atoms with Gasteiger partial charge in [-0.25, -0.2) is 4.39 Å². The molecule has 5 nitrogen and oxygen atoms in total. The van der Waals surface area contributed by atoms with Gasteiger partial charge in [-0.3, -0.25) is 9.59 Å². The first-order valence-electron chi connectivity index (χ1n) is 5.23. The van der Waals surface area contributed by atoms with Crippen molar-refractivity contribution in [3.8, 4) is 0 Å². The van der Waals surface area contributed by atoms with E-state index in [1.54, 1.807) is 0 Å². The summed E-state index contributed by atoms with van der Waals surface area (Å²) in [6.45, 7) is -2.94. The van der Waals surface area contributed by atoms with E-state index in [1.807, 2.05) is 0 Å². The maximum Gasteiger partial charge on any atom is 0.406 e. The van der Waals surface area contributed by atoms with Crippen LogP contribution in [-0.2, 0) is 4.79 Å². The lowest BCUT2D eigenvalue weighted by molar-refractivity contribution is -0.149. The second-order valence-electron chi connectivity index (χ2n) is 3.90. The number of aliphatic carboxylic acids is 1. The lowest BCUT2D eigenvalue weighted by atomic mass is 10.1. The molecule has 0 bridgehead atoms. The van der Waals surface area contributed by atoms with E-state index in [0.717, 1.165) is 12.1 Å². The quantitative estimate of drug-likeness (QED) is 0.651. The number of carbonyl (C=O) groups is 2. The fourth-order valence-corrected chi connectivity index (χ4v) is 1.46. The van der Waals surface area contributed by atoms with Crippen molar-refractivity contribution in [1.29, 1.82) is 0 Å². The second-order valence-corrected chi connectivity index (χ2v) is 3.90. The number of alkyl halides is 3. The van der Waals surface area contributed by atoms with Crippen LogP contribution in [0.15, 0.2) is 18.2 Å². The molecule has 3 N–H and O–H groups in total. The summed E-state index contributed by atoms with van der Waals surface area (Å²) < 4.78 is 50.0. The standard InChI is InChI=1S/C11H10F4N2O3/c12-6-1-2-8(16)7(3-6)10(20)17(4-9(18)19)5-11(13,14)15/h1-3H,4-5,16H2,(H,18,19). The number of benzene rings is 1. The minimum atomic E-state index is -4.78. The van der Waals surface area contributed by atoms with Crippen molar-refractivity contribution < 1.29 is 32.3 Å². The van der Waals surface area contributed by atoms with Gasteiger partial charge in [0.05, 0.1) is 5.56 Å². The Bertz CT molecular complexity index is 531. The highest BCUT2D eigenvalue weighted by Gasteiger charge is 2.34. The molecule has 1 rings (SSSR count). The SMILES string of the molecule is Nc1ccc(F)cc1C(=O)N(CC(=O)O)CC(F)(F)F. The Kier molecular flexibility index (Phi) is 4.53. The molecule has 0 spiro atoms. The zero-order valence-corrected chi connectivity index (χ0v) is 9.95. The fraction of sp³-hybridized carbons (Fsp3) is 0.273. The molecule has 0 aliphatic rings. The first kappa shape index (κ1) is 15.7. The van der Waals surface area contributed by atoms with Crippen molar-refractivity contribution in [2.24, 2.45) is 0 Å². The summed E-state index contributed by atoms with van der Waals surface area (Å²) in [4.78, 5) is 22.4. The van der Waals surface area contributed by atoms with E-state index >= 15 is 0 Å². The van der Waals surface area contributed by atoms with Gasteiger partial charge in [-0.2, -0.15) is 13.2 Å². The average molecular weight is 294 g/mol. The highest BCUT2D eigenvalue weighted by molar-refractivity contribution is 6.00. The van der Waals surface area contributed by atoms with E-state index in [1.165, 1.54) is 0 Å². The Morgan fingerprint density at radius 1 is 1.30 bits per heavy atom. The van der Waals surface area contributed by atoms with Crippen molar-refractivity contribution in [1.82, 2.24) is 4.90 Å². The van der Waals surface area contributed by atoms with Gasteiger partial charge in [-0.1, -0.05) is 0 Å². The average Bonchev–Trinajstić information content (AvgIpc) is 2.28. The summed E-state index contributed by atoms with van der Waals surface area (Å²) in [5.74, 6) is -3.80. The number of amides is 1. The van der Waals surface area contributed by atoms with E-state index in [2.05, 4.69) is 0 Å². The van der Waals surface area contributed by atoms with Crippen molar-refractivity contribution in [3.63, 3.8) is 0 Å². The predicted molar refractivity (Wildman–Crippen MR) is 60.4 cm³/mol. The van der Waals surface area contributed by atoms with Crippen LogP contribution in [0.4, 0.5) is 23.2 Å². The van der Waals surface area contributed by atoms with Crippen LogP contribution in [0.2, 0.25) is 0 Å². The summed E-state index contributed by atoms with van der Waals surface area (Å²) in [5.41, 5.74) is 4.62. The molecule has 110 valence electrons. The van der Waals surface area contributed by atoms with Gasteiger partial charge in [0.2, 0.25) is 0 Å². The Morgan fingerprint density at radius 2 is 1.90 bits per heavy atom. The third-order valence-corrected chi connectivity index (χ3v) is 2.23. The molecular weight excluding hydrogens is 284 g/mol. The maximum absolute atomic E-state index is 13.0. The van der Waals surface area contributed by atoms with Gasteiger partial charge in [-0.15, -0.1) is 0 Å². The smallest absolute Gasteiger partial charge is 0.406 e. The number of halogens is 4. The lowest BCUT2D eigenvalue weighted by Gasteiger charge is -2.22. The first-order valence-corrected chi connectivity index (χ1v) is 5.23. The molecule has 0 fully saturated rings. The van der Waals surface area contributed by atoms with E-state index < -0.39 is 42.5 Å². The number of hydrogen-bond donors (Lipinski definition) is 2. The van der Waals surface area contributed by atoms with Crippen molar-refractivity contribution >= 4 is 17.6 Å². The Hall–Kier alpha value is -2.32. The van der Waals surface area contributed by atoms with Gasteiger partial charge >= 0.3 is 12.1 Å². The molecule has 0 aliphatic heterocycles. The monoisotopic (exact) mass is 294 g/mol. The number of carbonyl (C=O) groups excluding carboxylic acids is 1. The van der Waals surface area contributed by atoms with E-state index in [9.17, 15) is 27.2 Å². The van der Waals surface area contributed by atoms with Crippen LogP contribution in [0.25, 0.3) is 0 Å². The number of rotatable bonds is 4. The largest absolute Gasteiger partial charge is 0.480 e. The third kappa shape index (κ3) is 4.41. The Balaban J connectivity index is 3.09. The van der Waals surface area contributed by atoms with Crippen molar-refractivity contribution in [3.05, 3.63) is 29.6 Å². The predicted octanol–water partition coefficient (Wildman–Crippen LogP) is 1.50. The fourth-order valence-electron chi connectivity index (χ4n) is 1.46. The highest BCUT2D eigenvalue weighted by Crippen LogP contribution is 2.20. The van der Waals surface area contributed by atoms with Crippen LogP contribution < -0.4 is 5.73 Å². The van der Waals surface area contributed by atoms with Crippen LogP contribution in [0, 0.1) is 5.82 Å². The molecule has 0 aromatic heterocycles. The number of carboxylic acids is 1. The topological polar surface area (TPSA) is 83.6 Å². The Labute approximate surface area is 110 Å². The normalized spacial score (nSPS) is 11.2. The number of nitrogens with zero attached hydrogens (tertiary/aromatic N) is 1. The molecule has 0 heterocycles. The van der Waals surface area contributed by atoms with Crippen LogP contribution in [0.1, 0.15) is 10.4 Å². The Morgan fingerprint density at radius 3 is 2.40 bits per heavy atom. The molecule has 0 saturated heterocycles. The van der Waals surface area contributed by atoms with E-state index in [4.69, 9.17) is 10.8 Å². The number of hydrogen-bond acceptors (Lipinski definition) is 3. The molecule has 20 heavy (non-hydrogen) atoms. The maximum atomic E-state index is 13.0. The summed E-state index contributed by atoms with van der Waals surface area (Å²) in [6.07, 6.45) is -4.78. The van der Waals surface area contributed by atoms with Crippen molar-refractivity contribution in [2.75, 3.05) is 18.8 Å². The molecule has 0 aliphatic carbocycles.